The maximum atomic E-state index is 12.9. The van der Waals surface area contributed by atoms with Gasteiger partial charge in [-0.05, 0) is 44.4 Å². The minimum atomic E-state index is -0.700. The van der Waals surface area contributed by atoms with E-state index in [1.165, 1.54) is 0 Å². The number of nitriles is 1. The number of piperazine rings is 1. The number of benzene rings is 1. The van der Waals surface area contributed by atoms with Crippen molar-refractivity contribution in [3.8, 4) is 6.07 Å². The average molecular weight is 383 g/mol. The molecule has 6 nitrogen and oxygen atoms in total. The van der Waals surface area contributed by atoms with E-state index in [-0.39, 0.29) is 5.92 Å². The first-order chi connectivity index (χ1) is 13.5. The van der Waals surface area contributed by atoms with Gasteiger partial charge in [-0.2, -0.15) is 5.26 Å². The van der Waals surface area contributed by atoms with Crippen LogP contribution >= 0.6 is 0 Å². The third-order valence-corrected chi connectivity index (χ3v) is 6.09. The quantitative estimate of drug-likeness (QED) is 0.731. The summed E-state index contributed by atoms with van der Waals surface area (Å²) in [6.07, 6.45) is 2.42. The smallest absolute Gasteiger partial charge is 0.225 e. The lowest BCUT2D eigenvalue weighted by molar-refractivity contribution is -0.138. The van der Waals surface area contributed by atoms with Crippen LogP contribution in [0.5, 0.6) is 0 Å². The predicted octanol–water partition coefficient (Wildman–Crippen LogP) is 2.26. The maximum absolute atomic E-state index is 12.9. The van der Waals surface area contributed by atoms with Crippen LogP contribution in [0.3, 0.4) is 0 Å². The molecule has 2 heterocycles. The van der Waals surface area contributed by atoms with E-state index in [0.717, 1.165) is 63.4 Å². The third-order valence-electron chi connectivity index (χ3n) is 6.09. The van der Waals surface area contributed by atoms with Gasteiger partial charge in [0, 0.05) is 56.9 Å². The van der Waals surface area contributed by atoms with Crippen molar-refractivity contribution in [2.24, 2.45) is 5.92 Å². The van der Waals surface area contributed by atoms with E-state index >= 15 is 0 Å². The lowest BCUT2D eigenvalue weighted by atomic mass is 9.94. The van der Waals surface area contributed by atoms with Gasteiger partial charge < -0.3 is 14.6 Å². The van der Waals surface area contributed by atoms with Gasteiger partial charge in [-0.3, -0.25) is 9.69 Å². The molecule has 3 rings (SSSR count). The first-order valence-electron chi connectivity index (χ1n) is 10.3. The van der Waals surface area contributed by atoms with Crippen molar-refractivity contribution in [3.63, 3.8) is 0 Å². The SMILES string of the molecule is CC(C)N1CCN(C(=O)C2CCN(c3ccc(C(C#N)C=O)cc3)CC2)CC1. The Labute approximate surface area is 167 Å². The molecule has 0 bridgehead atoms. The normalized spacial score (nSPS) is 20.1. The van der Waals surface area contributed by atoms with Crippen LogP contribution in [-0.2, 0) is 9.59 Å². The van der Waals surface area contributed by atoms with Crippen LogP contribution in [0.4, 0.5) is 5.69 Å². The molecule has 0 N–H and O–H groups in total. The summed E-state index contributed by atoms with van der Waals surface area (Å²) in [6, 6.07) is 10.2. The van der Waals surface area contributed by atoms with Gasteiger partial charge in [-0.1, -0.05) is 12.1 Å². The number of aldehydes is 1. The Morgan fingerprint density at radius 3 is 2.18 bits per heavy atom. The molecule has 0 saturated carbocycles. The van der Waals surface area contributed by atoms with Crippen LogP contribution in [0.2, 0.25) is 0 Å². The third kappa shape index (κ3) is 4.53. The zero-order valence-corrected chi connectivity index (χ0v) is 16.9. The van der Waals surface area contributed by atoms with Crippen LogP contribution in [0, 0.1) is 17.2 Å². The van der Waals surface area contributed by atoms with Crippen molar-refractivity contribution in [2.75, 3.05) is 44.2 Å². The van der Waals surface area contributed by atoms with Crippen LogP contribution in [0.1, 0.15) is 38.2 Å². The zero-order chi connectivity index (χ0) is 20.1. The molecule has 0 radical (unpaired) electrons. The molecule has 2 aliphatic heterocycles. The molecule has 150 valence electrons. The fourth-order valence-corrected chi connectivity index (χ4v) is 4.18. The van der Waals surface area contributed by atoms with E-state index in [2.05, 4.69) is 28.5 Å². The summed E-state index contributed by atoms with van der Waals surface area (Å²) in [5, 5.41) is 9.00. The summed E-state index contributed by atoms with van der Waals surface area (Å²) in [7, 11) is 0. The number of piperidine rings is 1. The summed E-state index contributed by atoms with van der Waals surface area (Å²) in [4.78, 5) is 30.6. The first-order valence-corrected chi connectivity index (χ1v) is 10.3. The van der Waals surface area contributed by atoms with E-state index in [4.69, 9.17) is 5.26 Å². The molecule has 1 aromatic carbocycles. The van der Waals surface area contributed by atoms with E-state index in [1.807, 2.05) is 30.3 Å². The Bertz CT molecular complexity index is 709. The Kier molecular flexibility index (Phi) is 6.69. The van der Waals surface area contributed by atoms with Crippen molar-refractivity contribution in [1.29, 1.82) is 5.26 Å². The van der Waals surface area contributed by atoms with Crippen molar-refractivity contribution in [1.82, 2.24) is 9.80 Å². The van der Waals surface area contributed by atoms with Gasteiger partial charge in [0.1, 0.15) is 12.2 Å². The highest BCUT2D eigenvalue weighted by molar-refractivity contribution is 5.79. The summed E-state index contributed by atoms with van der Waals surface area (Å²) in [5.74, 6) is -0.256. The molecular weight excluding hydrogens is 352 g/mol. The van der Waals surface area contributed by atoms with Gasteiger partial charge in [0.15, 0.2) is 0 Å². The molecule has 1 atom stereocenters. The molecule has 0 aliphatic carbocycles. The average Bonchev–Trinajstić information content (AvgIpc) is 2.75. The molecule has 2 saturated heterocycles. The van der Waals surface area contributed by atoms with Crippen molar-refractivity contribution in [2.45, 2.75) is 38.6 Å². The summed E-state index contributed by atoms with van der Waals surface area (Å²) >= 11 is 0. The first kappa shape index (κ1) is 20.3. The standard InChI is InChI=1S/C22H30N4O2/c1-17(2)24-11-13-26(14-12-24)22(28)19-7-9-25(10-8-19)21-5-3-18(4-6-21)20(15-23)16-27/h3-6,16-17,19-20H,7-14H2,1-2H3. The van der Waals surface area contributed by atoms with Crippen LogP contribution in [-0.4, -0.2) is 67.3 Å². The Morgan fingerprint density at radius 2 is 1.68 bits per heavy atom. The molecule has 6 heteroatoms. The van der Waals surface area contributed by atoms with Crippen molar-refractivity contribution < 1.29 is 9.59 Å². The Hall–Kier alpha value is -2.39. The van der Waals surface area contributed by atoms with E-state index in [0.29, 0.717) is 18.2 Å². The second-order valence-corrected chi connectivity index (χ2v) is 8.05. The van der Waals surface area contributed by atoms with Gasteiger partial charge in [-0.25, -0.2) is 0 Å². The summed E-state index contributed by atoms with van der Waals surface area (Å²) < 4.78 is 0. The highest BCUT2D eigenvalue weighted by Gasteiger charge is 2.30. The monoisotopic (exact) mass is 382 g/mol. The van der Waals surface area contributed by atoms with Crippen molar-refractivity contribution in [3.05, 3.63) is 29.8 Å². The number of amides is 1. The lowest BCUT2D eigenvalue weighted by Gasteiger charge is -2.40. The van der Waals surface area contributed by atoms with Crippen LogP contribution in [0.15, 0.2) is 24.3 Å². The largest absolute Gasteiger partial charge is 0.371 e. The maximum Gasteiger partial charge on any atom is 0.225 e. The Morgan fingerprint density at radius 1 is 1.07 bits per heavy atom. The van der Waals surface area contributed by atoms with Gasteiger partial charge in [0.2, 0.25) is 5.91 Å². The number of hydrogen-bond acceptors (Lipinski definition) is 5. The second-order valence-electron chi connectivity index (χ2n) is 8.05. The molecule has 0 spiro atoms. The lowest BCUT2D eigenvalue weighted by Crippen LogP contribution is -2.53. The molecule has 0 aromatic heterocycles. The molecule has 2 aliphatic rings. The fourth-order valence-electron chi connectivity index (χ4n) is 4.18. The molecular formula is C22H30N4O2. The molecule has 2 fully saturated rings. The number of rotatable bonds is 5. The summed E-state index contributed by atoms with van der Waals surface area (Å²) in [5.41, 5.74) is 1.81. The van der Waals surface area contributed by atoms with Crippen molar-refractivity contribution >= 4 is 17.9 Å². The fraction of sp³-hybridized carbons (Fsp3) is 0.591. The molecule has 1 unspecified atom stereocenters. The molecule has 28 heavy (non-hydrogen) atoms. The summed E-state index contributed by atoms with van der Waals surface area (Å²) in [6.45, 7) is 9.76. The van der Waals surface area contributed by atoms with Gasteiger partial charge in [0.05, 0.1) is 6.07 Å². The number of anilines is 1. The van der Waals surface area contributed by atoms with Crippen LogP contribution in [0.25, 0.3) is 0 Å². The minimum Gasteiger partial charge on any atom is -0.371 e. The second kappa shape index (κ2) is 9.20. The number of hydrogen-bond donors (Lipinski definition) is 0. The zero-order valence-electron chi connectivity index (χ0n) is 16.9. The molecule has 1 amide bonds. The predicted molar refractivity (Wildman–Crippen MR) is 109 cm³/mol. The number of nitrogens with zero attached hydrogens (tertiary/aromatic N) is 4. The van der Waals surface area contributed by atoms with E-state index < -0.39 is 5.92 Å². The van der Waals surface area contributed by atoms with Gasteiger partial charge in [0.25, 0.3) is 0 Å². The van der Waals surface area contributed by atoms with E-state index in [9.17, 15) is 9.59 Å². The topological polar surface area (TPSA) is 67.7 Å². The highest BCUT2D eigenvalue weighted by atomic mass is 16.2. The number of carbonyl (C=O) groups excluding carboxylic acids is 2. The van der Waals surface area contributed by atoms with Gasteiger partial charge >= 0.3 is 0 Å². The van der Waals surface area contributed by atoms with Gasteiger partial charge in [-0.15, -0.1) is 0 Å². The highest BCUT2D eigenvalue weighted by Crippen LogP contribution is 2.26. The minimum absolute atomic E-state index is 0.124. The van der Waals surface area contributed by atoms with Crippen LogP contribution < -0.4 is 4.90 Å². The molecule has 1 aromatic rings. The number of carbonyl (C=O) groups is 2. The van der Waals surface area contributed by atoms with E-state index in [1.54, 1.807) is 0 Å². The Balaban J connectivity index is 1.51.